The van der Waals surface area contributed by atoms with Crippen LogP contribution in [0.25, 0.3) is 0 Å². The van der Waals surface area contributed by atoms with Gasteiger partial charge in [0.2, 0.25) is 0 Å². The van der Waals surface area contributed by atoms with Gasteiger partial charge in [0, 0.05) is 50.9 Å². The smallest absolute Gasteiger partial charge is 0.317 e. The third kappa shape index (κ3) is 2.86. The number of hydrogen-bond donors (Lipinski definition) is 1. The molecule has 134 valence electrons. The van der Waals surface area contributed by atoms with Crippen LogP contribution in [-0.4, -0.2) is 53.0 Å². The largest absolute Gasteiger partial charge is 0.334 e. The fraction of sp³-hybridized carbons (Fsp3) is 0.429. The molecule has 1 aromatic heterocycles. The summed E-state index contributed by atoms with van der Waals surface area (Å²) >= 11 is 0. The highest BCUT2D eigenvalue weighted by atomic mass is 16.2. The van der Waals surface area contributed by atoms with E-state index in [2.05, 4.69) is 45.5 Å². The number of fused-ring (bicyclic) bond motifs is 3. The molecule has 2 amide bonds. The van der Waals surface area contributed by atoms with Gasteiger partial charge in [-0.05, 0) is 35.6 Å². The molecule has 5 heteroatoms. The summed E-state index contributed by atoms with van der Waals surface area (Å²) in [6.45, 7) is 4.25. The molecule has 2 aromatic rings. The third-order valence-electron chi connectivity index (χ3n) is 6.10. The summed E-state index contributed by atoms with van der Waals surface area (Å²) in [5, 5.41) is 3.29. The van der Waals surface area contributed by atoms with Crippen molar-refractivity contribution in [1.29, 1.82) is 0 Å². The minimum atomic E-state index is 0.111. The van der Waals surface area contributed by atoms with Gasteiger partial charge in [0.15, 0.2) is 0 Å². The van der Waals surface area contributed by atoms with E-state index in [4.69, 9.17) is 0 Å². The molecule has 3 aliphatic rings. The van der Waals surface area contributed by atoms with Crippen molar-refractivity contribution in [3.8, 4) is 0 Å². The number of hydrogen-bond acceptors (Lipinski definition) is 3. The average Bonchev–Trinajstić information content (AvgIpc) is 3.19. The van der Waals surface area contributed by atoms with Gasteiger partial charge >= 0.3 is 6.03 Å². The summed E-state index contributed by atoms with van der Waals surface area (Å²) < 4.78 is 0. The molecule has 1 saturated heterocycles. The van der Waals surface area contributed by atoms with Gasteiger partial charge < -0.3 is 10.2 Å². The molecule has 3 atom stereocenters. The number of nitrogens with one attached hydrogen (secondary N) is 1. The van der Waals surface area contributed by atoms with Crippen LogP contribution in [0.4, 0.5) is 4.79 Å². The van der Waals surface area contributed by atoms with Crippen molar-refractivity contribution in [3.63, 3.8) is 0 Å². The third-order valence-corrected chi connectivity index (χ3v) is 6.10. The predicted molar refractivity (Wildman–Crippen MR) is 99.8 cm³/mol. The van der Waals surface area contributed by atoms with Crippen LogP contribution in [0.15, 0.2) is 48.7 Å². The minimum Gasteiger partial charge on any atom is -0.334 e. The van der Waals surface area contributed by atoms with Gasteiger partial charge in [0.1, 0.15) is 0 Å². The fourth-order valence-corrected chi connectivity index (χ4v) is 4.61. The van der Waals surface area contributed by atoms with E-state index in [1.807, 2.05) is 23.2 Å². The molecule has 0 unspecified atom stereocenters. The molecular formula is C21H24N4O. The van der Waals surface area contributed by atoms with Gasteiger partial charge in [-0.3, -0.25) is 9.88 Å². The molecule has 0 bridgehead atoms. The molecule has 0 radical (unpaired) electrons. The Hall–Kier alpha value is -2.40. The quantitative estimate of drug-likeness (QED) is 0.925. The highest BCUT2D eigenvalue weighted by Crippen LogP contribution is 2.56. The second kappa shape index (κ2) is 6.40. The van der Waals surface area contributed by atoms with Crippen molar-refractivity contribution in [2.24, 2.45) is 5.92 Å². The second-order valence-corrected chi connectivity index (χ2v) is 7.65. The van der Waals surface area contributed by atoms with Crippen molar-refractivity contribution in [2.45, 2.75) is 24.9 Å². The first-order chi connectivity index (χ1) is 12.8. The van der Waals surface area contributed by atoms with Crippen LogP contribution >= 0.6 is 0 Å². The average molecular weight is 348 g/mol. The Bertz CT molecular complexity index is 801. The number of rotatable bonds is 3. The Morgan fingerprint density at radius 3 is 2.69 bits per heavy atom. The maximum Gasteiger partial charge on any atom is 0.317 e. The van der Waals surface area contributed by atoms with Gasteiger partial charge in [-0.15, -0.1) is 0 Å². The molecule has 0 spiro atoms. The van der Waals surface area contributed by atoms with E-state index >= 15 is 0 Å². The molecule has 1 saturated carbocycles. The summed E-state index contributed by atoms with van der Waals surface area (Å²) in [7, 11) is 0. The molecular weight excluding hydrogens is 324 g/mol. The molecule has 5 nitrogen and oxygen atoms in total. The second-order valence-electron chi connectivity index (χ2n) is 7.65. The lowest BCUT2D eigenvalue weighted by molar-refractivity contribution is 0.134. The lowest BCUT2D eigenvalue weighted by Gasteiger charge is -2.34. The molecule has 1 aliphatic heterocycles. The first kappa shape index (κ1) is 15.8. The maximum atomic E-state index is 12.6. The number of carbonyl (C=O) groups is 1. The van der Waals surface area contributed by atoms with E-state index in [0.717, 1.165) is 44.8 Å². The number of amides is 2. The van der Waals surface area contributed by atoms with Crippen molar-refractivity contribution in [3.05, 3.63) is 65.5 Å². The number of benzene rings is 1. The van der Waals surface area contributed by atoms with Crippen molar-refractivity contribution >= 4 is 6.03 Å². The van der Waals surface area contributed by atoms with Crippen LogP contribution < -0.4 is 5.32 Å². The van der Waals surface area contributed by atoms with Gasteiger partial charge in [-0.25, -0.2) is 4.79 Å². The van der Waals surface area contributed by atoms with Crippen LogP contribution in [0.3, 0.4) is 0 Å². The number of pyridine rings is 1. The van der Waals surface area contributed by atoms with Gasteiger partial charge in [-0.2, -0.15) is 0 Å². The Morgan fingerprint density at radius 2 is 1.88 bits per heavy atom. The normalized spacial score (nSPS) is 26.9. The van der Waals surface area contributed by atoms with Crippen LogP contribution in [-0.2, 0) is 13.0 Å². The standard InChI is InChI=1S/C21H24N4O/c26-21(23-20-18-13-15-5-1-2-7-17(15)19(18)20)25-11-9-24(10-12-25)14-16-6-3-4-8-22-16/h1-8,18-20H,9-14H2,(H,23,26)/t18-,19-,20-/m1/s1. The molecule has 1 aromatic carbocycles. The van der Waals surface area contributed by atoms with Crippen LogP contribution in [0, 0.1) is 5.92 Å². The van der Waals surface area contributed by atoms with E-state index in [9.17, 15) is 4.79 Å². The van der Waals surface area contributed by atoms with Gasteiger partial charge in [0.25, 0.3) is 0 Å². The topological polar surface area (TPSA) is 48.5 Å². The molecule has 2 aliphatic carbocycles. The summed E-state index contributed by atoms with van der Waals surface area (Å²) in [6.07, 6.45) is 2.95. The van der Waals surface area contributed by atoms with E-state index in [0.29, 0.717) is 17.9 Å². The molecule has 26 heavy (non-hydrogen) atoms. The molecule has 1 N–H and O–H groups in total. The van der Waals surface area contributed by atoms with Crippen molar-refractivity contribution < 1.29 is 4.79 Å². The van der Waals surface area contributed by atoms with E-state index in [1.165, 1.54) is 11.1 Å². The lowest BCUT2D eigenvalue weighted by atomic mass is 10.1. The van der Waals surface area contributed by atoms with Crippen LogP contribution in [0.1, 0.15) is 22.7 Å². The van der Waals surface area contributed by atoms with Gasteiger partial charge in [-0.1, -0.05) is 30.3 Å². The van der Waals surface area contributed by atoms with Crippen molar-refractivity contribution in [2.75, 3.05) is 26.2 Å². The number of nitrogens with zero attached hydrogens (tertiary/aromatic N) is 3. The SMILES string of the molecule is O=C(N[C@@H]1[C@@H]2Cc3ccccc3[C@H]21)N1CCN(Cc2ccccn2)CC1. The molecule has 5 rings (SSSR count). The zero-order valence-corrected chi connectivity index (χ0v) is 14.8. The Labute approximate surface area is 154 Å². The van der Waals surface area contributed by atoms with E-state index in [1.54, 1.807) is 0 Å². The monoisotopic (exact) mass is 348 g/mol. The summed E-state index contributed by atoms with van der Waals surface area (Å²) in [4.78, 5) is 21.4. The van der Waals surface area contributed by atoms with Crippen molar-refractivity contribution in [1.82, 2.24) is 20.1 Å². The number of aromatic nitrogens is 1. The van der Waals surface area contributed by atoms with E-state index in [-0.39, 0.29) is 6.03 Å². The predicted octanol–water partition coefficient (Wildman–Crippen LogP) is 2.25. The summed E-state index contributed by atoms with van der Waals surface area (Å²) in [6, 6.07) is 15.1. The first-order valence-electron chi connectivity index (χ1n) is 9.55. The first-order valence-corrected chi connectivity index (χ1v) is 9.55. The highest BCUT2D eigenvalue weighted by molar-refractivity contribution is 5.75. The van der Waals surface area contributed by atoms with Crippen LogP contribution in [0.2, 0.25) is 0 Å². The van der Waals surface area contributed by atoms with Crippen LogP contribution in [0.5, 0.6) is 0 Å². The Balaban J connectivity index is 1.12. The number of carbonyl (C=O) groups excluding carboxylic acids is 1. The zero-order valence-electron chi connectivity index (χ0n) is 14.8. The molecule has 2 fully saturated rings. The number of urea groups is 1. The maximum absolute atomic E-state index is 12.6. The summed E-state index contributed by atoms with van der Waals surface area (Å²) in [5.74, 6) is 1.15. The highest BCUT2D eigenvalue weighted by Gasteiger charge is 2.56. The zero-order chi connectivity index (χ0) is 17.5. The van der Waals surface area contributed by atoms with Gasteiger partial charge in [0.05, 0.1) is 5.69 Å². The minimum absolute atomic E-state index is 0.111. The summed E-state index contributed by atoms with van der Waals surface area (Å²) in [5.41, 5.74) is 4.01. The Kier molecular flexibility index (Phi) is 3.89. The lowest BCUT2D eigenvalue weighted by Crippen LogP contribution is -2.52. The number of piperazine rings is 1. The molecule has 2 heterocycles. The fourth-order valence-electron chi connectivity index (χ4n) is 4.61. The Morgan fingerprint density at radius 1 is 1.08 bits per heavy atom. The van der Waals surface area contributed by atoms with E-state index < -0.39 is 0 Å².